The Kier molecular flexibility index (Phi) is 6.06. The normalized spacial score (nSPS) is 11.4. The molecule has 4 rings (SSSR count). The van der Waals surface area contributed by atoms with Crippen molar-refractivity contribution in [3.05, 3.63) is 63.9 Å². The van der Waals surface area contributed by atoms with E-state index in [1.165, 1.54) is 0 Å². The van der Waals surface area contributed by atoms with Crippen molar-refractivity contribution in [2.24, 2.45) is 0 Å². The molecule has 0 spiro atoms. The Hall–Kier alpha value is -2.51. The Labute approximate surface area is 177 Å². The number of aryl methyl sites for hydroxylation is 1. The van der Waals surface area contributed by atoms with Gasteiger partial charge in [0.2, 0.25) is 5.78 Å². The number of ether oxygens (including phenoxy) is 1. The van der Waals surface area contributed by atoms with Gasteiger partial charge in [0, 0.05) is 17.3 Å². The Balaban J connectivity index is 1.60. The van der Waals surface area contributed by atoms with Gasteiger partial charge in [-0.3, -0.25) is 13.8 Å². The van der Waals surface area contributed by atoms with Crippen molar-refractivity contribution in [2.45, 2.75) is 31.5 Å². The van der Waals surface area contributed by atoms with E-state index in [1.54, 1.807) is 28.5 Å². The van der Waals surface area contributed by atoms with Crippen molar-refractivity contribution in [3.8, 4) is 5.75 Å². The Morgan fingerprint density at radius 1 is 1.10 bits per heavy atom. The van der Waals surface area contributed by atoms with Gasteiger partial charge in [-0.25, -0.2) is 0 Å². The van der Waals surface area contributed by atoms with Crippen LogP contribution in [-0.2, 0) is 6.54 Å². The number of rotatable bonds is 8. The molecule has 0 aliphatic carbocycles. The molecule has 0 atom stereocenters. The van der Waals surface area contributed by atoms with Gasteiger partial charge in [0.25, 0.3) is 5.56 Å². The van der Waals surface area contributed by atoms with E-state index in [2.05, 4.69) is 17.1 Å². The lowest BCUT2D eigenvalue weighted by Crippen LogP contribution is -2.23. The second kappa shape index (κ2) is 8.88. The summed E-state index contributed by atoms with van der Waals surface area (Å²) in [5.74, 6) is 2.06. The number of hydrogen-bond donors (Lipinski definition) is 0. The summed E-state index contributed by atoms with van der Waals surface area (Å²) >= 11 is 7.45. The Morgan fingerprint density at radius 2 is 1.90 bits per heavy atom. The summed E-state index contributed by atoms with van der Waals surface area (Å²) in [6.45, 7) is 3.26. The summed E-state index contributed by atoms with van der Waals surface area (Å²) in [6, 6.07) is 14.9. The summed E-state index contributed by atoms with van der Waals surface area (Å²) in [5, 5.41) is 10.8. The number of fused-ring (bicyclic) bond motifs is 3. The highest BCUT2D eigenvalue weighted by Crippen LogP contribution is 2.22. The van der Waals surface area contributed by atoms with Gasteiger partial charge in [0.05, 0.1) is 17.5 Å². The first-order valence-electron chi connectivity index (χ1n) is 9.57. The first-order chi connectivity index (χ1) is 14.2. The Morgan fingerprint density at radius 3 is 2.69 bits per heavy atom. The first-order valence-corrected chi connectivity index (χ1v) is 10.9. The summed E-state index contributed by atoms with van der Waals surface area (Å²) in [7, 11) is 0. The fourth-order valence-corrected chi connectivity index (χ4v) is 4.05. The number of hydrogen-bond acceptors (Lipinski definition) is 5. The SMILES string of the molecule is CCCCn1c(=O)c2ccccc2n2c(SCCOc3ccc(Cl)cc3)nnc12. The predicted octanol–water partition coefficient (Wildman–Crippen LogP) is 4.67. The second-order valence-electron chi connectivity index (χ2n) is 6.60. The zero-order valence-electron chi connectivity index (χ0n) is 16.0. The van der Waals surface area contributed by atoms with Crippen LogP contribution in [0.25, 0.3) is 16.7 Å². The molecule has 8 heteroatoms. The maximum atomic E-state index is 12.9. The molecule has 29 heavy (non-hydrogen) atoms. The van der Waals surface area contributed by atoms with E-state index in [0.29, 0.717) is 35.1 Å². The largest absolute Gasteiger partial charge is 0.493 e. The quantitative estimate of drug-likeness (QED) is 0.301. The maximum absolute atomic E-state index is 12.9. The van der Waals surface area contributed by atoms with E-state index in [4.69, 9.17) is 16.3 Å². The van der Waals surface area contributed by atoms with Gasteiger partial charge < -0.3 is 4.74 Å². The lowest BCUT2D eigenvalue weighted by molar-refractivity contribution is 0.344. The number of unbranched alkanes of at least 4 members (excludes halogenated alkanes) is 1. The summed E-state index contributed by atoms with van der Waals surface area (Å²) < 4.78 is 9.46. The molecule has 0 bridgehead atoms. The molecule has 2 aromatic carbocycles. The smallest absolute Gasteiger partial charge is 0.262 e. The van der Waals surface area contributed by atoms with Crippen molar-refractivity contribution in [3.63, 3.8) is 0 Å². The molecule has 2 heterocycles. The number of aromatic nitrogens is 4. The van der Waals surface area contributed by atoms with Gasteiger partial charge in [0.15, 0.2) is 5.16 Å². The van der Waals surface area contributed by atoms with Gasteiger partial charge in [-0.15, -0.1) is 10.2 Å². The molecule has 0 amide bonds. The molecule has 0 unspecified atom stereocenters. The van der Waals surface area contributed by atoms with Gasteiger partial charge in [-0.2, -0.15) is 0 Å². The topological polar surface area (TPSA) is 61.4 Å². The van der Waals surface area contributed by atoms with Gasteiger partial charge >= 0.3 is 0 Å². The van der Waals surface area contributed by atoms with Gasteiger partial charge in [-0.1, -0.05) is 48.8 Å². The molecule has 150 valence electrons. The van der Waals surface area contributed by atoms with Crippen molar-refractivity contribution in [1.82, 2.24) is 19.2 Å². The van der Waals surface area contributed by atoms with E-state index in [1.807, 2.05) is 40.8 Å². The van der Waals surface area contributed by atoms with Crippen LogP contribution in [0.5, 0.6) is 5.75 Å². The minimum atomic E-state index is -0.0171. The summed E-state index contributed by atoms with van der Waals surface area (Å²) in [6.07, 6.45) is 1.92. The third-order valence-electron chi connectivity index (χ3n) is 4.61. The fourth-order valence-electron chi connectivity index (χ4n) is 3.17. The molecule has 0 aliphatic rings. The van der Waals surface area contributed by atoms with Crippen molar-refractivity contribution in [2.75, 3.05) is 12.4 Å². The predicted molar refractivity (Wildman–Crippen MR) is 117 cm³/mol. The number of benzene rings is 2. The van der Waals surface area contributed by atoms with Crippen LogP contribution in [0.4, 0.5) is 0 Å². The monoisotopic (exact) mass is 428 g/mol. The number of para-hydroxylation sites is 1. The molecule has 0 fully saturated rings. The van der Waals surface area contributed by atoms with Crippen molar-refractivity contribution in [1.29, 1.82) is 0 Å². The van der Waals surface area contributed by atoms with E-state index in [0.717, 1.165) is 29.3 Å². The van der Waals surface area contributed by atoms with Gasteiger partial charge in [-0.05, 0) is 42.8 Å². The number of nitrogens with zero attached hydrogens (tertiary/aromatic N) is 4. The highest BCUT2D eigenvalue weighted by molar-refractivity contribution is 7.99. The summed E-state index contributed by atoms with van der Waals surface area (Å²) in [4.78, 5) is 12.9. The van der Waals surface area contributed by atoms with E-state index < -0.39 is 0 Å². The van der Waals surface area contributed by atoms with E-state index in [9.17, 15) is 4.79 Å². The lowest BCUT2D eigenvalue weighted by atomic mass is 10.2. The van der Waals surface area contributed by atoms with Crippen LogP contribution in [-0.4, -0.2) is 31.5 Å². The number of thioether (sulfide) groups is 1. The summed E-state index contributed by atoms with van der Waals surface area (Å²) in [5.41, 5.74) is 0.808. The molecular weight excluding hydrogens is 408 g/mol. The van der Waals surface area contributed by atoms with Crippen LogP contribution in [0.3, 0.4) is 0 Å². The highest BCUT2D eigenvalue weighted by Gasteiger charge is 2.16. The Bertz CT molecular complexity index is 1190. The van der Waals surface area contributed by atoms with Gasteiger partial charge in [0.1, 0.15) is 5.75 Å². The third kappa shape index (κ3) is 4.11. The maximum Gasteiger partial charge on any atom is 0.262 e. The molecule has 4 aromatic rings. The molecule has 6 nitrogen and oxygen atoms in total. The molecule has 0 saturated carbocycles. The van der Waals surface area contributed by atoms with Crippen LogP contribution >= 0.6 is 23.4 Å². The van der Waals surface area contributed by atoms with Crippen LogP contribution in [0.2, 0.25) is 5.02 Å². The molecule has 2 aromatic heterocycles. The molecule has 0 radical (unpaired) electrons. The van der Waals surface area contributed by atoms with Crippen LogP contribution in [0, 0.1) is 0 Å². The average molecular weight is 429 g/mol. The molecule has 0 N–H and O–H groups in total. The molecular formula is C21H21ClN4O2S. The van der Waals surface area contributed by atoms with Crippen molar-refractivity contribution >= 4 is 40.0 Å². The van der Waals surface area contributed by atoms with Crippen LogP contribution in [0.15, 0.2) is 58.5 Å². The molecule has 0 aliphatic heterocycles. The van der Waals surface area contributed by atoms with E-state index in [-0.39, 0.29) is 5.56 Å². The van der Waals surface area contributed by atoms with Crippen LogP contribution in [0.1, 0.15) is 19.8 Å². The zero-order chi connectivity index (χ0) is 20.2. The third-order valence-corrected chi connectivity index (χ3v) is 5.76. The standard InChI is InChI=1S/C21H21ClN4O2S/c1-2-3-12-25-19(27)17-6-4-5-7-18(17)26-20(25)23-24-21(26)29-14-13-28-16-10-8-15(22)9-11-16/h4-11H,2-3,12-14H2,1H3. The second-order valence-corrected chi connectivity index (χ2v) is 8.09. The molecule has 0 saturated heterocycles. The lowest BCUT2D eigenvalue weighted by Gasteiger charge is -2.11. The minimum absolute atomic E-state index is 0.0171. The van der Waals surface area contributed by atoms with Crippen molar-refractivity contribution < 1.29 is 4.74 Å². The zero-order valence-corrected chi connectivity index (χ0v) is 17.6. The highest BCUT2D eigenvalue weighted by atomic mass is 35.5. The minimum Gasteiger partial charge on any atom is -0.493 e. The first kappa shape index (κ1) is 19.8. The van der Waals surface area contributed by atoms with E-state index >= 15 is 0 Å². The fraction of sp³-hybridized carbons (Fsp3) is 0.286. The number of halogens is 1. The average Bonchev–Trinajstić information content (AvgIpc) is 3.16. The van der Waals surface area contributed by atoms with Crippen LogP contribution < -0.4 is 10.3 Å².